The Morgan fingerprint density at radius 3 is 2.62 bits per heavy atom. The molecule has 1 aromatic rings. The fourth-order valence-corrected chi connectivity index (χ4v) is 1.60. The molecule has 0 aliphatic carbocycles. The topological polar surface area (TPSA) is 41.5 Å². The Hall–Kier alpha value is -0.930. The zero-order valence-electron chi connectivity index (χ0n) is 9.88. The third-order valence-corrected chi connectivity index (χ3v) is 3.02. The van der Waals surface area contributed by atoms with Crippen LogP contribution in [0.15, 0.2) is 12.1 Å². The van der Waals surface area contributed by atoms with Crippen LogP contribution in [0.2, 0.25) is 0 Å². The predicted molar refractivity (Wildman–Crippen MR) is 67.7 cm³/mol. The van der Waals surface area contributed by atoms with Crippen molar-refractivity contribution in [3.05, 3.63) is 23.3 Å². The molecule has 0 aliphatic heterocycles. The second-order valence-corrected chi connectivity index (χ2v) is 4.06. The number of hydrogen-bond donors (Lipinski definition) is 2. The van der Waals surface area contributed by atoms with Crippen molar-refractivity contribution in [2.24, 2.45) is 0 Å². The molecule has 0 spiro atoms. The average Bonchev–Trinajstić information content (AvgIpc) is 2.30. The molecule has 0 saturated heterocycles. The molecule has 2 N–H and O–H groups in total. The zero-order valence-corrected chi connectivity index (χ0v) is 10.6. The van der Waals surface area contributed by atoms with Gasteiger partial charge >= 0.3 is 0 Å². The van der Waals surface area contributed by atoms with Crippen molar-refractivity contribution < 1.29 is 9.84 Å². The van der Waals surface area contributed by atoms with Gasteiger partial charge in [0, 0.05) is 12.2 Å². The van der Waals surface area contributed by atoms with E-state index in [1.165, 1.54) is 0 Å². The number of benzene rings is 1. The molecule has 0 bridgehead atoms. The SMILES string of the molecule is COc1ccc(NCC(O)CCl)c(C)c1C. The molecule has 90 valence electrons. The van der Waals surface area contributed by atoms with Crippen LogP contribution in [0.3, 0.4) is 0 Å². The van der Waals surface area contributed by atoms with Gasteiger partial charge in [0.15, 0.2) is 0 Å². The van der Waals surface area contributed by atoms with Crippen LogP contribution in [-0.2, 0) is 0 Å². The van der Waals surface area contributed by atoms with E-state index in [0.717, 1.165) is 22.6 Å². The highest BCUT2D eigenvalue weighted by molar-refractivity contribution is 6.18. The number of rotatable bonds is 5. The van der Waals surface area contributed by atoms with Crippen molar-refractivity contribution in [1.29, 1.82) is 0 Å². The number of aliphatic hydroxyl groups excluding tert-OH is 1. The molecule has 1 aromatic carbocycles. The Kier molecular flexibility index (Phi) is 4.90. The lowest BCUT2D eigenvalue weighted by Crippen LogP contribution is -2.21. The van der Waals surface area contributed by atoms with E-state index in [1.54, 1.807) is 7.11 Å². The maximum absolute atomic E-state index is 9.36. The van der Waals surface area contributed by atoms with E-state index in [9.17, 15) is 5.11 Å². The highest BCUT2D eigenvalue weighted by atomic mass is 35.5. The second-order valence-electron chi connectivity index (χ2n) is 3.75. The molecule has 4 heteroatoms. The van der Waals surface area contributed by atoms with Crippen LogP contribution in [0.4, 0.5) is 5.69 Å². The van der Waals surface area contributed by atoms with Gasteiger partial charge in [-0.25, -0.2) is 0 Å². The quantitative estimate of drug-likeness (QED) is 0.780. The largest absolute Gasteiger partial charge is 0.496 e. The minimum Gasteiger partial charge on any atom is -0.496 e. The van der Waals surface area contributed by atoms with Gasteiger partial charge in [-0.15, -0.1) is 11.6 Å². The summed E-state index contributed by atoms with van der Waals surface area (Å²) in [5, 5.41) is 12.5. The molecular weight excluding hydrogens is 226 g/mol. The lowest BCUT2D eigenvalue weighted by Gasteiger charge is -2.15. The van der Waals surface area contributed by atoms with Crippen LogP contribution in [-0.4, -0.2) is 30.7 Å². The van der Waals surface area contributed by atoms with E-state index in [1.807, 2.05) is 26.0 Å². The number of hydrogen-bond acceptors (Lipinski definition) is 3. The molecule has 1 unspecified atom stereocenters. The van der Waals surface area contributed by atoms with Gasteiger partial charge in [-0.1, -0.05) is 0 Å². The summed E-state index contributed by atoms with van der Waals surface area (Å²) in [4.78, 5) is 0. The molecule has 0 aromatic heterocycles. The summed E-state index contributed by atoms with van der Waals surface area (Å²) in [6.45, 7) is 4.49. The first kappa shape index (κ1) is 13.1. The van der Waals surface area contributed by atoms with Gasteiger partial charge < -0.3 is 15.2 Å². The predicted octanol–water partition coefficient (Wildman–Crippen LogP) is 2.32. The van der Waals surface area contributed by atoms with Crippen LogP contribution in [0.25, 0.3) is 0 Å². The number of aliphatic hydroxyl groups is 1. The highest BCUT2D eigenvalue weighted by Crippen LogP contribution is 2.27. The number of ether oxygens (including phenoxy) is 1. The van der Waals surface area contributed by atoms with E-state index in [2.05, 4.69) is 5.32 Å². The fraction of sp³-hybridized carbons (Fsp3) is 0.500. The maximum atomic E-state index is 9.36. The first-order valence-corrected chi connectivity index (χ1v) is 5.75. The highest BCUT2D eigenvalue weighted by Gasteiger charge is 2.07. The number of methoxy groups -OCH3 is 1. The number of alkyl halides is 1. The molecular formula is C12H18ClNO2. The Morgan fingerprint density at radius 2 is 2.06 bits per heavy atom. The number of halogens is 1. The minimum atomic E-state index is -0.525. The molecule has 0 radical (unpaired) electrons. The average molecular weight is 244 g/mol. The van der Waals surface area contributed by atoms with Crippen LogP contribution in [0.1, 0.15) is 11.1 Å². The van der Waals surface area contributed by atoms with Gasteiger partial charge in [0.05, 0.1) is 19.1 Å². The standard InChI is InChI=1S/C12H18ClNO2/c1-8-9(2)12(16-3)5-4-11(8)14-7-10(15)6-13/h4-5,10,14-15H,6-7H2,1-3H3. The first-order valence-electron chi connectivity index (χ1n) is 5.22. The van der Waals surface area contributed by atoms with Gasteiger partial charge in [-0.2, -0.15) is 0 Å². The number of anilines is 1. The number of nitrogens with one attached hydrogen (secondary N) is 1. The second kappa shape index (κ2) is 5.97. The van der Waals surface area contributed by atoms with E-state index >= 15 is 0 Å². The summed E-state index contributed by atoms with van der Waals surface area (Å²) < 4.78 is 5.23. The fourth-order valence-electron chi connectivity index (χ4n) is 1.49. The van der Waals surface area contributed by atoms with E-state index in [0.29, 0.717) is 6.54 Å². The van der Waals surface area contributed by atoms with Crippen molar-refractivity contribution in [3.8, 4) is 5.75 Å². The smallest absolute Gasteiger partial charge is 0.122 e. The van der Waals surface area contributed by atoms with Crippen LogP contribution < -0.4 is 10.1 Å². The van der Waals surface area contributed by atoms with E-state index in [4.69, 9.17) is 16.3 Å². The van der Waals surface area contributed by atoms with Gasteiger partial charge in [-0.05, 0) is 37.1 Å². The summed E-state index contributed by atoms with van der Waals surface area (Å²) in [7, 11) is 1.66. The van der Waals surface area contributed by atoms with Gasteiger partial charge in [0.2, 0.25) is 0 Å². The Labute approximate surface area is 101 Å². The third kappa shape index (κ3) is 3.03. The van der Waals surface area contributed by atoms with Crippen LogP contribution >= 0.6 is 11.6 Å². The van der Waals surface area contributed by atoms with Crippen molar-refractivity contribution >= 4 is 17.3 Å². The van der Waals surface area contributed by atoms with Gasteiger partial charge in [-0.3, -0.25) is 0 Å². The van der Waals surface area contributed by atoms with Gasteiger partial charge in [0.25, 0.3) is 0 Å². The van der Waals surface area contributed by atoms with Gasteiger partial charge in [0.1, 0.15) is 5.75 Å². The summed E-state index contributed by atoms with van der Waals surface area (Å²) in [6.07, 6.45) is -0.525. The molecule has 1 atom stereocenters. The monoisotopic (exact) mass is 243 g/mol. The van der Waals surface area contributed by atoms with Crippen molar-refractivity contribution in [2.75, 3.05) is 24.9 Å². The molecule has 0 fully saturated rings. The lowest BCUT2D eigenvalue weighted by atomic mass is 10.1. The summed E-state index contributed by atoms with van der Waals surface area (Å²) >= 11 is 5.53. The zero-order chi connectivity index (χ0) is 12.1. The molecule has 3 nitrogen and oxygen atoms in total. The molecule has 16 heavy (non-hydrogen) atoms. The van der Waals surface area contributed by atoms with Crippen molar-refractivity contribution in [3.63, 3.8) is 0 Å². The summed E-state index contributed by atoms with van der Waals surface area (Å²) in [6, 6.07) is 3.86. The Balaban J connectivity index is 2.78. The van der Waals surface area contributed by atoms with Crippen molar-refractivity contribution in [2.45, 2.75) is 20.0 Å². The molecule has 0 saturated carbocycles. The third-order valence-electron chi connectivity index (χ3n) is 2.66. The molecule has 1 rings (SSSR count). The summed E-state index contributed by atoms with van der Waals surface area (Å²) in [5.74, 6) is 1.11. The molecule has 0 amide bonds. The molecule has 0 aliphatic rings. The minimum absolute atomic E-state index is 0.237. The van der Waals surface area contributed by atoms with Crippen LogP contribution in [0.5, 0.6) is 5.75 Å². The first-order chi connectivity index (χ1) is 7.60. The van der Waals surface area contributed by atoms with E-state index in [-0.39, 0.29) is 5.88 Å². The lowest BCUT2D eigenvalue weighted by molar-refractivity contribution is 0.211. The maximum Gasteiger partial charge on any atom is 0.122 e. The molecule has 0 heterocycles. The van der Waals surface area contributed by atoms with E-state index < -0.39 is 6.10 Å². The normalized spacial score (nSPS) is 12.3. The Bertz CT molecular complexity index is 355. The van der Waals surface area contributed by atoms with Crippen LogP contribution in [0, 0.1) is 13.8 Å². The Morgan fingerprint density at radius 1 is 1.38 bits per heavy atom. The van der Waals surface area contributed by atoms with Crippen molar-refractivity contribution in [1.82, 2.24) is 0 Å². The summed E-state index contributed by atoms with van der Waals surface area (Å²) in [5.41, 5.74) is 3.23.